The molecule has 0 aliphatic rings. The minimum absolute atomic E-state index is 0.596. The molecule has 0 atom stereocenters. The van der Waals surface area contributed by atoms with Crippen molar-refractivity contribution in [1.82, 2.24) is 20.2 Å². The average molecular weight is 203 g/mol. The lowest BCUT2D eigenvalue weighted by molar-refractivity contribution is 0.628. The third kappa shape index (κ3) is 2.31. The Morgan fingerprint density at radius 2 is 2.13 bits per heavy atom. The third-order valence-corrected chi connectivity index (χ3v) is 2.13. The molecule has 5 heteroatoms. The Bertz CT molecular complexity index is 449. The Hall–Kier alpha value is -1.91. The number of hydrogen-bond acceptors (Lipinski definition) is 4. The van der Waals surface area contributed by atoms with E-state index in [2.05, 4.69) is 33.7 Å². The molecule has 78 valence electrons. The summed E-state index contributed by atoms with van der Waals surface area (Å²) in [6, 6.07) is 8.11. The molecule has 1 N–H and O–H groups in total. The van der Waals surface area contributed by atoms with Gasteiger partial charge in [0.2, 0.25) is 0 Å². The van der Waals surface area contributed by atoms with E-state index in [0.717, 1.165) is 5.69 Å². The molecule has 2 rings (SSSR count). The summed E-state index contributed by atoms with van der Waals surface area (Å²) in [5.74, 6) is 0.695. The Morgan fingerprint density at radius 3 is 2.80 bits per heavy atom. The summed E-state index contributed by atoms with van der Waals surface area (Å²) < 4.78 is 0. The fourth-order valence-corrected chi connectivity index (χ4v) is 1.34. The zero-order valence-electron chi connectivity index (χ0n) is 8.81. The molecule has 1 heterocycles. The second kappa shape index (κ2) is 4.08. The van der Waals surface area contributed by atoms with Crippen molar-refractivity contribution in [3.63, 3.8) is 0 Å². The van der Waals surface area contributed by atoms with E-state index in [4.69, 9.17) is 0 Å². The lowest BCUT2D eigenvalue weighted by atomic mass is 10.2. The van der Waals surface area contributed by atoms with Crippen LogP contribution in [0.4, 0.5) is 5.69 Å². The molecule has 1 aromatic heterocycles. The van der Waals surface area contributed by atoms with E-state index in [1.807, 2.05) is 18.2 Å². The van der Waals surface area contributed by atoms with Gasteiger partial charge in [0.15, 0.2) is 5.82 Å². The second-order valence-corrected chi connectivity index (χ2v) is 3.36. The number of anilines is 1. The zero-order valence-corrected chi connectivity index (χ0v) is 8.81. The maximum absolute atomic E-state index is 4.09. The normalized spacial score (nSPS) is 10.3. The van der Waals surface area contributed by atoms with Crippen molar-refractivity contribution in [3.05, 3.63) is 35.7 Å². The van der Waals surface area contributed by atoms with Gasteiger partial charge in [0.25, 0.3) is 0 Å². The van der Waals surface area contributed by atoms with E-state index in [-0.39, 0.29) is 0 Å². The van der Waals surface area contributed by atoms with Gasteiger partial charge in [-0.25, -0.2) is 0 Å². The highest BCUT2D eigenvalue weighted by molar-refractivity contribution is 5.50. The quantitative estimate of drug-likeness (QED) is 0.812. The number of rotatable bonds is 3. The number of aromatic nitrogens is 4. The van der Waals surface area contributed by atoms with Crippen LogP contribution < -0.4 is 5.32 Å². The van der Waals surface area contributed by atoms with Crippen molar-refractivity contribution < 1.29 is 0 Å². The first-order chi connectivity index (χ1) is 7.25. The van der Waals surface area contributed by atoms with Crippen molar-refractivity contribution in [1.29, 1.82) is 0 Å². The first-order valence-corrected chi connectivity index (χ1v) is 4.78. The van der Waals surface area contributed by atoms with E-state index in [0.29, 0.717) is 12.4 Å². The number of nitrogens with one attached hydrogen (secondary N) is 1. The molecule has 0 spiro atoms. The summed E-state index contributed by atoms with van der Waals surface area (Å²) >= 11 is 0. The van der Waals surface area contributed by atoms with Crippen LogP contribution in [0, 0.1) is 6.92 Å². The molecule has 1 aromatic carbocycles. The van der Waals surface area contributed by atoms with Crippen molar-refractivity contribution in [2.24, 2.45) is 7.05 Å². The Kier molecular flexibility index (Phi) is 2.62. The lowest BCUT2D eigenvalue weighted by Crippen LogP contribution is -2.03. The van der Waals surface area contributed by atoms with E-state index in [1.54, 1.807) is 7.05 Å². The fourth-order valence-electron chi connectivity index (χ4n) is 1.34. The molecule has 2 aromatic rings. The SMILES string of the molecule is Cc1ccccc1NCc1nnn(C)n1. The first kappa shape index (κ1) is 9.64. The molecule has 0 bridgehead atoms. The van der Waals surface area contributed by atoms with Crippen LogP contribution in [-0.2, 0) is 13.6 Å². The molecule has 0 radical (unpaired) electrons. The van der Waals surface area contributed by atoms with Gasteiger partial charge in [-0.2, -0.15) is 4.80 Å². The molecule has 0 saturated heterocycles. The van der Waals surface area contributed by atoms with Gasteiger partial charge >= 0.3 is 0 Å². The van der Waals surface area contributed by atoms with E-state index < -0.39 is 0 Å². The van der Waals surface area contributed by atoms with E-state index in [9.17, 15) is 0 Å². The average Bonchev–Trinajstić information content (AvgIpc) is 2.63. The molecular weight excluding hydrogens is 190 g/mol. The molecular formula is C10H13N5. The molecule has 0 unspecified atom stereocenters. The van der Waals surface area contributed by atoms with Crippen molar-refractivity contribution in [2.45, 2.75) is 13.5 Å². The monoisotopic (exact) mass is 203 g/mol. The molecule has 15 heavy (non-hydrogen) atoms. The van der Waals surface area contributed by atoms with Gasteiger partial charge < -0.3 is 5.32 Å². The molecule has 0 amide bonds. The number of para-hydroxylation sites is 1. The standard InChI is InChI=1S/C10H13N5/c1-8-5-3-4-6-9(8)11-7-10-12-14-15(2)13-10/h3-6,11H,7H2,1-2H3. The number of benzene rings is 1. The van der Waals surface area contributed by atoms with Crippen LogP contribution in [0.5, 0.6) is 0 Å². The van der Waals surface area contributed by atoms with Gasteiger partial charge in [-0.1, -0.05) is 18.2 Å². The summed E-state index contributed by atoms with van der Waals surface area (Å²) in [6.45, 7) is 2.66. The largest absolute Gasteiger partial charge is 0.377 e. The lowest BCUT2D eigenvalue weighted by Gasteiger charge is -2.06. The van der Waals surface area contributed by atoms with Gasteiger partial charge in [0.1, 0.15) is 0 Å². The highest BCUT2D eigenvalue weighted by Gasteiger charge is 2.00. The maximum Gasteiger partial charge on any atom is 0.193 e. The summed E-state index contributed by atoms with van der Waals surface area (Å²) in [5, 5.41) is 15.0. The van der Waals surface area contributed by atoms with Crippen LogP contribution in [0.25, 0.3) is 0 Å². The topological polar surface area (TPSA) is 55.6 Å². The smallest absolute Gasteiger partial charge is 0.193 e. The maximum atomic E-state index is 4.09. The van der Waals surface area contributed by atoms with Crippen LogP contribution in [0.2, 0.25) is 0 Å². The first-order valence-electron chi connectivity index (χ1n) is 4.78. The fraction of sp³-hybridized carbons (Fsp3) is 0.300. The minimum atomic E-state index is 0.596. The number of aryl methyl sites for hydroxylation is 2. The summed E-state index contributed by atoms with van der Waals surface area (Å²) in [7, 11) is 1.75. The van der Waals surface area contributed by atoms with Crippen LogP contribution >= 0.6 is 0 Å². The zero-order chi connectivity index (χ0) is 10.7. The van der Waals surface area contributed by atoms with Gasteiger partial charge in [-0.05, 0) is 23.8 Å². The predicted octanol–water partition coefficient (Wildman–Crippen LogP) is 1.13. The summed E-state index contributed by atoms with van der Waals surface area (Å²) in [5.41, 5.74) is 2.31. The molecule has 0 aliphatic carbocycles. The molecule has 5 nitrogen and oxygen atoms in total. The van der Waals surface area contributed by atoms with Crippen molar-refractivity contribution >= 4 is 5.69 Å². The van der Waals surface area contributed by atoms with Gasteiger partial charge in [0, 0.05) is 5.69 Å². The minimum Gasteiger partial charge on any atom is -0.377 e. The van der Waals surface area contributed by atoms with Crippen LogP contribution in [0.3, 0.4) is 0 Å². The van der Waals surface area contributed by atoms with Crippen LogP contribution in [-0.4, -0.2) is 20.2 Å². The predicted molar refractivity (Wildman–Crippen MR) is 57.3 cm³/mol. The highest BCUT2D eigenvalue weighted by Crippen LogP contribution is 2.13. The van der Waals surface area contributed by atoms with Gasteiger partial charge in [0.05, 0.1) is 13.6 Å². The number of hydrogen-bond donors (Lipinski definition) is 1. The Morgan fingerprint density at radius 1 is 1.33 bits per heavy atom. The molecule has 0 saturated carbocycles. The van der Waals surface area contributed by atoms with E-state index >= 15 is 0 Å². The molecule has 0 aliphatic heterocycles. The number of tetrazole rings is 1. The second-order valence-electron chi connectivity index (χ2n) is 3.36. The van der Waals surface area contributed by atoms with Crippen molar-refractivity contribution in [2.75, 3.05) is 5.32 Å². The summed E-state index contributed by atoms with van der Waals surface area (Å²) in [6.07, 6.45) is 0. The number of nitrogens with zero attached hydrogens (tertiary/aromatic N) is 4. The summed E-state index contributed by atoms with van der Waals surface area (Å²) in [4.78, 5) is 1.45. The third-order valence-electron chi connectivity index (χ3n) is 2.13. The van der Waals surface area contributed by atoms with E-state index in [1.165, 1.54) is 10.4 Å². The van der Waals surface area contributed by atoms with Crippen LogP contribution in [0.1, 0.15) is 11.4 Å². The van der Waals surface area contributed by atoms with Gasteiger partial charge in [-0.3, -0.25) is 0 Å². The van der Waals surface area contributed by atoms with Gasteiger partial charge in [-0.15, -0.1) is 10.2 Å². The molecule has 0 fully saturated rings. The van der Waals surface area contributed by atoms with Crippen LogP contribution in [0.15, 0.2) is 24.3 Å². The highest BCUT2D eigenvalue weighted by atomic mass is 15.6. The Balaban J connectivity index is 2.02. The Labute approximate surface area is 88.1 Å². The van der Waals surface area contributed by atoms with Crippen molar-refractivity contribution in [3.8, 4) is 0 Å².